The van der Waals surface area contributed by atoms with Gasteiger partial charge >= 0.3 is 0 Å². The molecule has 0 saturated heterocycles. The van der Waals surface area contributed by atoms with Crippen LogP contribution in [-0.4, -0.2) is 37.3 Å². The summed E-state index contributed by atoms with van der Waals surface area (Å²) in [7, 11) is -3.79. The van der Waals surface area contributed by atoms with E-state index in [0.29, 0.717) is 18.8 Å². The molecule has 0 atom stereocenters. The number of amides is 1. The Labute approximate surface area is 177 Å². The van der Waals surface area contributed by atoms with Gasteiger partial charge < -0.3 is 4.90 Å². The van der Waals surface area contributed by atoms with Crippen LogP contribution in [0, 0.1) is 0 Å². The van der Waals surface area contributed by atoms with Crippen molar-refractivity contribution in [2.75, 3.05) is 17.8 Å². The predicted octanol–water partition coefficient (Wildman–Crippen LogP) is 3.96. The molecular formula is C23H25N3O3S. The van der Waals surface area contributed by atoms with Gasteiger partial charge in [0, 0.05) is 13.1 Å². The lowest BCUT2D eigenvalue weighted by molar-refractivity contribution is -0.130. The Balaban J connectivity index is 1.74. The second-order valence-electron chi connectivity index (χ2n) is 6.75. The molecule has 3 aromatic rings. The van der Waals surface area contributed by atoms with E-state index in [4.69, 9.17) is 0 Å². The summed E-state index contributed by atoms with van der Waals surface area (Å²) in [4.78, 5) is 18.5. The van der Waals surface area contributed by atoms with Crippen LogP contribution in [0.1, 0.15) is 19.5 Å². The van der Waals surface area contributed by atoms with Crippen molar-refractivity contribution < 1.29 is 13.2 Å². The largest absolute Gasteiger partial charge is 0.343 e. The third-order valence-corrected chi connectivity index (χ3v) is 6.14. The number of nitrogens with zero attached hydrogens (tertiary/aromatic N) is 2. The van der Waals surface area contributed by atoms with Gasteiger partial charge in [0.15, 0.2) is 0 Å². The number of benzene rings is 2. The van der Waals surface area contributed by atoms with Gasteiger partial charge in [0.2, 0.25) is 5.91 Å². The molecule has 6 nitrogen and oxygen atoms in total. The Bertz CT molecular complexity index is 1090. The summed E-state index contributed by atoms with van der Waals surface area (Å²) in [6.07, 6.45) is 0.128. The fraction of sp³-hybridized carbons (Fsp3) is 0.217. The van der Waals surface area contributed by atoms with E-state index in [0.717, 1.165) is 11.1 Å². The molecule has 0 aliphatic carbocycles. The fourth-order valence-corrected chi connectivity index (χ4v) is 4.13. The SMILES string of the molecule is CCN(CC)C(=O)Cc1cccc(NS(=O)(=O)c2ccc(-c3ccccc3)cc2)n1. The highest BCUT2D eigenvalue weighted by Gasteiger charge is 2.16. The van der Waals surface area contributed by atoms with Gasteiger partial charge in [-0.05, 0) is 49.2 Å². The molecule has 0 spiro atoms. The average Bonchev–Trinajstić information content (AvgIpc) is 2.75. The van der Waals surface area contributed by atoms with Crippen LogP contribution in [0.3, 0.4) is 0 Å². The van der Waals surface area contributed by atoms with E-state index in [9.17, 15) is 13.2 Å². The number of aromatic nitrogens is 1. The van der Waals surface area contributed by atoms with E-state index in [1.807, 2.05) is 44.2 Å². The van der Waals surface area contributed by atoms with Crippen molar-refractivity contribution in [2.24, 2.45) is 0 Å². The summed E-state index contributed by atoms with van der Waals surface area (Å²) in [5.41, 5.74) is 2.47. The van der Waals surface area contributed by atoms with Gasteiger partial charge in [-0.1, -0.05) is 48.5 Å². The molecule has 0 radical (unpaired) electrons. The number of carbonyl (C=O) groups is 1. The van der Waals surface area contributed by atoms with Gasteiger partial charge in [0.05, 0.1) is 17.0 Å². The molecule has 1 aromatic heterocycles. The number of pyridine rings is 1. The molecule has 0 bridgehead atoms. The third-order valence-electron chi connectivity index (χ3n) is 4.77. The number of nitrogens with one attached hydrogen (secondary N) is 1. The van der Waals surface area contributed by atoms with Gasteiger partial charge in [0.25, 0.3) is 10.0 Å². The lowest BCUT2D eigenvalue weighted by Crippen LogP contribution is -2.32. The number of likely N-dealkylation sites (N-methyl/N-ethyl adjacent to an activating group) is 1. The number of carbonyl (C=O) groups excluding carboxylic acids is 1. The molecule has 1 amide bonds. The van der Waals surface area contributed by atoms with E-state index in [1.54, 1.807) is 47.4 Å². The van der Waals surface area contributed by atoms with Crippen LogP contribution in [0.5, 0.6) is 0 Å². The Morgan fingerprint density at radius 3 is 2.13 bits per heavy atom. The van der Waals surface area contributed by atoms with Crippen molar-refractivity contribution in [3.63, 3.8) is 0 Å². The molecule has 0 fully saturated rings. The smallest absolute Gasteiger partial charge is 0.263 e. The van der Waals surface area contributed by atoms with Crippen LogP contribution >= 0.6 is 0 Å². The highest BCUT2D eigenvalue weighted by Crippen LogP contribution is 2.22. The number of hydrogen-bond donors (Lipinski definition) is 1. The lowest BCUT2D eigenvalue weighted by atomic mass is 10.1. The molecule has 7 heteroatoms. The van der Waals surface area contributed by atoms with Gasteiger partial charge in [-0.3, -0.25) is 9.52 Å². The minimum absolute atomic E-state index is 0.0380. The second kappa shape index (κ2) is 9.54. The Morgan fingerprint density at radius 1 is 0.867 bits per heavy atom. The van der Waals surface area contributed by atoms with E-state index in [-0.39, 0.29) is 23.0 Å². The zero-order chi connectivity index (χ0) is 21.6. The Morgan fingerprint density at radius 2 is 1.50 bits per heavy atom. The fourth-order valence-electron chi connectivity index (χ4n) is 3.13. The summed E-state index contributed by atoms with van der Waals surface area (Å²) < 4.78 is 28.0. The molecule has 0 aliphatic heterocycles. The van der Waals surface area contributed by atoms with E-state index in [2.05, 4.69) is 9.71 Å². The van der Waals surface area contributed by atoms with Crippen LogP contribution in [0.25, 0.3) is 11.1 Å². The van der Waals surface area contributed by atoms with Gasteiger partial charge in [0.1, 0.15) is 5.82 Å². The first kappa shape index (κ1) is 21.5. The van der Waals surface area contributed by atoms with Gasteiger partial charge in [-0.25, -0.2) is 13.4 Å². The first-order chi connectivity index (χ1) is 14.4. The van der Waals surface area contributed by atoms with Crippen LogP contribution in [-0.2, 0) is 21.2 Å². The maximum absolute atomic E-state index is 12.8. The zero-order valence-electron chi connectivity index (χ0n) is 17.1. The van der Waals surface area contributed by atoms with Crippen LogP contribution in [0.4, 0.5) is 5.82 Å². The number of anilines is 1. The number of rotatable bonds is 8. The zero-order valence-corrected chi connectivity index (χ0v) is 17.9. The molecular weight excluding hydrogens is 398 g/mol. The summed E-state index contributed by atoms with van der Waals surface area (Å²) in [5, 5.41) is 0. The summed E-state index contributed by atoms with van der Waals surface area (Å²) in [6.45, 7) is 5.09. The van der Waals surface area contributed by atoms with Crippen molar-refractivity contribution in [1.29, 1.82) is 0 Å². The van der Waals surface area contributed by atoms with Crippen molar-refractivity contribution in [2.45, 2.75) is 25.2 Å². The minimum atomic E-state index is -3.79. The third kappa shape index (κ3) is 5.24. The summed E-state index contributed by atoms with van der Waals surface area (Å²) >= 11 is 0. The number of sulfonamides is 1. The Hall–Kier alpha value is -3.19. The topological polar surface area (TPSA) is 79.4 Å². The molecule has 0 unspecified atom stereocenters. The van der Waals surface area contributed by atoms with Crippen molar-refractivity contribution in [3.8, 4) is 11.1 Å². The minimum Gasteiger partial charge on any atom is -0.343 e. The number of hydrogen-bond acceptors (Lipinski definition) is 4. The summed E-state index contributed by atoms with van der Waals surface area (Å²) in [5.74, 6) is 0.149. The van der Waals surface area contributed by atoms with Crippen molar-refractivity contribution in [1.82, 2.24) is 9.88 Å². The van der Waals surface area contributed by atoms with Gasteiger partial charge in [-0.2, -0.15) is 0 Å². The maximum atomic E-state index is 12.8. The molecule has 0 saturated carbocycles. The molecule has 1 heterocycles. The highest BCUT2D eigenvalue weighted by atomic mass is 32.2. The standard InChI is InChI=1S/C23H25N3O3S/c1-3-26(4-2)23(27)17-20-11-8-12-22(24-20)25-30(28,29)21-15-13-19(14-16-21)18-9-6-5-7-10-18/h5-16H,3-4,17H2,1-2H3,(H,24,25). The quantitative estimate of drug-likeness (QED) is 0.595. The molecule has 2 aromatic carbocycles. The normalized spacial score (nSPS) is 11.1. The first-order valence-electron chi connectivity index (χ1n) is 9.85. The molecule has 0 aliphatic rings. The molecule has 3 rings (SSSR count). The Kier molecular flexibility index (Phi) is 6.84. The summed E-state index contributed by atoms with van der Waals surface area (Å²) in [6, 6.07) is 21.4. The monoisotopic (exact) mass is 423 g/mol. The van der Waals surface area contributed by atoms with E-state index < -0.39 is 10.0 Å². The van der Waals surface area contributed by atoms with Crippen molar-refractivity contribution >= 4 is 21.7 Å². The van der Waals surface area contributed by atoms with E-state index >= 15 is 0 Å². The molecule has 1 N–H and O–H groups in total. The van der Waals surface area contributed by atoms with Crippen LogP contribution in [0.15, 0.2) is 77.7 Å². The molecule has 30 heavy (non-hydrogen) atoms. The highest BCUT2D eigenvalue weighted by molar-refractivity contribution is 7.92. The average molecular weight is 424 g/mol. The van der Waals surface area contributed by atoms with Crippen molar-refractivity contribution in [3.05, 3.63) is 78.5 Å². The second-order valence-corrected chi connectivity index (χ2v) is 8.44. The lowest BCUT2D eigenvalue weighted by Gasteiger charge is -2.18. The van der Waals surface area contributed by atoms with Crippen LogP contribution in [0.2, 0.25) is 0 Å². The van der Waals surface area contributed by atoms with Crippen LogP contribution < -0.4 is 4.72 Å². The predicted molar refractivity (Wildman–Crippen MR) is 119 cm³/mol. The molecule has 156 valence electrons. The van der Waals surface area contributed by atoms with Gasteiger partial charge in [-0.15, -0.1) is 0 Å². The van der Waals surface area contributed by atoms with E-state index in [1.165, 1.54) is 0 Å². The maximum Gasteiger partial charge on any atom is 0.263 e. The first-order valence-corrected chi connectivity index (χ1v) is 11.3.